The molecule has 2 aliphatic heterocycles. The van der Waals surface area contributed by atoms with E-state index in [2.05, 4.69) is 15.3 Å². The van der Waals surface area contributed by atoms with E-state index < -0.39 is 0 Å². The third kappa shape index (κ3) is 2.41. The van der Waals surface area contributed by atoms with Gasteiger partial charge in [0.1, 0.15) is 6.10 Å². The van der Waals surface area contributed by atoms with E-state index in [1.54, 1.807) is 0 Å². The Bertz CT molecular complexity index is 389. The normalized spacial score (nSPS) is 31.5. The highest BCUT2D eigenvalue weighted by Crippen LogP contribution is 2.28. The molecule has 92 valence electrons. The van der Waals surface area contributed by atoms with Crippen LogP contribution in [0.2, 0.25) is 0 Å². The van der Waals surface area contributed by atoms with Crippen LogP contribution in [0.3, 0.4) is 0 Å². The predicted octanol–water partition coefficient (Wildman–Crippen LogP) is 1.76. The molecule has 17 heavy (non-hydrogen) atoms. The maximum Gasteiger partial charge on any atom is 0.317 e. The third-order valence-corrected chi connectivity index (χ3v) is 3.66. The Morgan fingerprint density at radius 3 is 2.29 bits per heavy atom. The lowest BCUT2D eigenvalue weighted by atomic mass is 10.0. The average molecular weight is 233 g/mol. The number of ether oxygens (including phenoxy) is 1. The molecule has 1 N–H and O–H groups in total. The highest BCUT2D eigenvalue weighted by molar-refractivity contribution is 5.11. The summed E-state index contributed by atoms with van der Waals surface area (Å²) in [6, 6.07) is 3.81. The smallest absolute Gasteiger partial charge is 0.317 e. The van der Waals surface area contributed by atoms with Gasteiger partial charge in [0.05, 0.1) is 0 Å². The lowest BCUT2D eigenvalue weighted by Gasteiger charge is -2.28. The second-order valence-corrected chi connectivity index (χ2v) is 5.28. The minimum Gasteiger partial charge on any atom is -0.460 e. The zero-order valence-electron chi connectivity index (χ0n) is 10.4. The largest absolute Gasteiger partial charge is 0.460 e. The number of nitrogens with one attached hydrogen (secondary N) is 1. The maximum atomic E-state index is 5.94. The van der Waals surface area contributed by atoms with Crippen LogP contribution < -0.4 is 10.1 Å². The number of nitrogens with zero attached hydrogens (tertiary/aromatic N) is 2. The van der Waals surface area contributed by atoms with Crippen molar-refractivity contribution in [1.82, 2.24) is 15.3 Å². The number of rotatable bonds is 2. The van der Waals surface area contributed by atoms with Crippen LogP contribution in [0.5, 0.6) is 6.01 Å². The summed E-state index contributed by atoms with van der Waals surface area (Å²) in [6.07, 6.45) is 5.05. The lowest BCUT2D eigenvalue weighted by Crippen LogP contribution is -2.42. The number of hydrogen-bond acceptors (Lipinski definition) is 4. The first kappa shape index (κ1) is 11.0. The molecule has 0 aromatic carbocycles. The van der Waals surface area contributed by atoms with Gasteiger partial charge in [0.2, 0.25) is 0 Å². The Morgan fingerprint density at radius 2 is 1.71 bits per heavy atom. The van der Waals surface area contributed by atoms with Gasteiger partial charge in [-0.2, -0.15) is 0 Å². The minimum atomic E-state index is 0.287. The molecular weight excluding hydrogens is 214 g/mol. The first-order valence-corrected chi connectivity index (χ1v) is 6.44. The van der Waals surface area contributed by atoms with Gasteiger partial charge in [-0.15, -0.1) is 0 Å². The Hall–Kier alpha value is -1.16. The van der Waals surface area contributed by atoms with Crippen LogP contribution in [0.25, 0.3) is 0 Å². The molecule has 1 aromatic rings. The van der Waals surface area contributed by atoms with Crippen molar-refractivity contribution >= 4 is 0 Å². The molecule has 4 heteroatoms. The van der Waals surface area contributed by atoms with E-state index in [0.717, 1.165) is 24.2 Å². The summed E-state index contributed by atoms with van der Waals surface area (Å²) in [5.41, 5.74) is 1.95. The van der Waals surface area contributed by atoms with E-state index >= 15 is 0 Å². The predicted molar refractivity (Wildman–Crippen MR) is 65.1 cm³/mol. The van der Waals surface area contributed by atoms with Crippen molar-refractivity contribution in [3.8, 4) is 6.01 Å². The van der Waals surface area contributed by atoms with Crippen molar-refractivity contribution in [3.63, 3.8) is 0 Å². The summed E-state index contributed by atoms with van der Waals surface area (Å²) >= 11 is 0. The van der Waals surface area contributed by atoms with E-state index in [4.69, 9.17) is 4.74 Å². The van der Waals surface area contributed by atoms with Crippen LogP contribution >= 0.6 is 0 Å². The van der Waals surface area contributed by atoms with Crippen molar-refractivity contribution in [3.05, 3.63) is 17.5 Å². The molecule has 4 nitrogen and oxygen atoms in total. The second-order valence-electron chi connectivity index (χ2n) is 5.28. The molecule has 1 aromatic heterocycles. The van der Waals surface area contributed by atoms with Gasteiger partial charge < -0.3 is 10.1 Å². The van der Waals surface area contributed by atoms with Crippen LogP contribution in [-0.4, -0.2) is 28.2 Å². The molecule has 2 fully saturated rings. The molecule has 2 saturated heterocycles. The number of piperidine rings is 1. The topological polar surface area (TPSA) is 47.0 Å². The van der Waals surface area contributed by atoms with E-state index in [1.165, 1.54) is 12.8 Å². The summed E-state index contributed by atoms with van der Waals surface area (Å²) in [4.78, 5) is 8.69. The molecule has 2 aliphatic rings. The van der Waals surface area contributed by atoms with Gasteiger partial charge in [0.25, 0.3) is 0 Å². The first-order valence-electron chi connectivity index (χ1n) is 6.44. The van der Waals surface area contributed by atoms with Gasteiger partial charge in [-0.25, -0.2) is 9.97 Å². The zero-order valence-corrected chi connectivity index (χ0v) is 10.4. The highest BCUT2D eigenvalue weighted by atomic mass is 16.5. The van der Waals surface area contributed by atoms with Crippen LogP contribution in [-0.2, 0) is 0 Å². The summed E-state index contributed by atoms with van der Waals surface area (Å²) in [6.45, 7) is 3.96. The Morgan fingerprint density at radius 1 is 1.12 bits per heavy atom. The van der Waals surface area contributed by atoms with E-state index in [0.29, 0.717) is 18.1 Å². The zero-order chi connectivity index (χ0) is 11.8. The van der Waals surface area contributed by atoms with Crippen molar-refractivity contribution < 1.29 is 4.74 Å². The van der Waals surface area contributed by atoms with Gasteiger partial charge >= 0.3 is 6.01 Å². The fourth-order valence-electron chi connectivity index (χ4n) is 3.00. The summed E-state index contributed by atoms with van der Waals surface area (Å²) in [5.74, 6) is 0. The molecule has 0 saturated carbocycles. The average Bonchev–Trinajstić information content (AvgIpc) is 2.56. The fraction of sp³-hybridized carbons (Fsp3) is 0.692. The Labute approximate surface area is 102 Å². The standard InChI is InChI=1S/C13H19N3O/c1-8-5-9(2)15-13(14-8)17-12-6-10-3-4-11(7-12)16-10/h5,10-12,16H,3-4,6-7H2,1-2H3. The van der Waals surface area contributed by atoms with Crippen LogP contribution in [0.4, 0.5) is 0 Å². The third-order valence-electron chi connectivity index (χ3n) is 3.66. The second kappa shape index (κ2) is 4.26. The maximum absolute atomic E-state index is 5.94. The Balaban J connectivity index is 1.70. The molecule has 2 unspecified atom stereocenters. The Kier molecular flexibility index (Phi) is 2.74. The summed E-state index contributed by atoms with van der Waals surface area (Å²) < 4.78 is 5.94. The van der Waals surface area contributed by atoms with E-state index in [1.807, 2.05) is 19.9 Å². The number of aryl methyl sites for hydroxylation is 2. The van der Waals surface area contributed by atoms with Gasteiger partial charge in [-0.1, -0.05) is 0 Å². The van der Waals surface area contributed by atoms with Crippen molar-refractivity contribution in [2.24, 2.45) is 0 Å². The summed E-state index contributed by atoms with van der Waals surface area (Å²) in [7, 11) is 0. The molecule has 3 heterocycles. The quantitative estimate of drug-likeness (QED) is 0.845. The van der Waals surface area contributed by atoms with Gasteiger partial charge in [0, 0.05) is 23.5 Å². The molecule has 2 atom stereocenters. The fourth-order valence-corrected chi connectivity index (χ4v) is 3.00. The van der Waals surface area contributed by atoms with Gasteiger partial charge in [-0.05, 0) is 45.6 Å². The lowest BCUT2D eigenvalue weighted by molar-refractivity contribution is 0.125. The van der Waals surface area contributed by atoms with E-state index in [9.17, 15) is 0 Å². The number of hydrogen-bond donors (Lipinski definition) is 1. The van der Waals surface area contributed by atoms with Crippen molar-refractivity contribution in [2.45, 2.75) is 57.7 Å². The van der Waals surface area contributed by atoms with Crippen LogP contribution in [0, 0.1) is 13.8 Å². The molecule has 3 rings (SSSR count). The van der Waals surface area contributed by atoms with Crippen molar-refractivity contribution in [1.29, 1.82) is 0 Å². The molecule has 0 amide bonds. The SMILES string of the molecule is Cc1cc(C)nc(OC2CC3CCC(C2)N3)n1. The molecule has 0 aliphatic carbocycles. The highest BCUT2D eigenvalue weighted by Gasteiger charge is 2.34. The number of fused-ring (bicyclic) bond motifs is 2. The van der Waals surface area contributed by atoms with Gasteiger partial charge in [0.15, 0.2) is 0 Å². The van der Waals surface area contributed by atoms with Crippen LogP contribution in [0.15, 0.2) is 6.07 Å². The molecule has 0 radical (unpaired) electrons. The van der Waals surface area contributed by atoms with Crippen LogP contribution in [0.1, 0.15) is 37.1 Å². The molecule has 0 spiro atoms. The molecule has 2 bridgehead atoms. The monoisotopic (exact) mass is 233 g/mol. The van der Waals surface area contributed by atoms with Gasteiger partial charge in [-0.3, -0.25) is 0 Å². The summed E-state index contributed by atoms with van der Waals surface area (Å²) in [5, 5.41) is 3.61. The van der Waals surface area contributed by atoms with Crippen molar-refractivity contribution in [2.75, 3.05) is 0 Å². The number of aromatic nitrogens is 2. The first-order chi connectivity index (χ1) is 8.19. The minimum absolute atomic E-state index is 0.287. The molecular formula is C13H19N3O. The van der Waals surface area contributed by atoms with E-state index in [-0.39, 0.29) is 6.10 Å².